The average molecular weight is 464 g/mol. The Hall–Kier alpha value is -2.37. The molecule has 0 atom stereocenters. The summed E-state index contributed by atoms with van der Waals surface area (Å²) in [4.78, 5) is 23.8. The molecule has 10 heteroatoms. The van der Waals surface area contributed by atoms with Gasteiger partial charge in [0.05, 0.1) is 15.5 Å². The lowest BCUT2D eigenvalue weighted by molar-refractivity contribution is -0.274. The van der Waals surface area contributed by atoms with Crippen LogP contribution in [0.15, 0.2) is 39.7 Å². The first kappa shape index (κ1) is 17.5. The van der Waals surface area contributed by atoms with Gasteiger partial charge in [-0.15, -0.1) is 13.2 Å². The Labute approximate surface area is 151 Å². The van der Waals surface area contributed by atoms with Crippen molar-refractivity contribution in [2.24, 2.45) is 0 Å². The number of hydrogen-bond acceptors (Lipinski definition) is 5. The minimum atomic E-state index is -4.86. The van der Waals surface area contributed by atoms with Gasteiger partial charge < -0.3 is 9.15 Å². The van der Waals surface area contributed by atoms with Crippen molar-refractivity contribution in [3.63, 3.8) is 0 Å². The van der Waals surface area contributed by atoms with Crippen LogP contribution in [0.1, 0.15) is 17.4 Å². The molecular weight excluding hydrogens is 456 g/mol. The van der Waals surface area contributed by atoms with Crippen molar-refractivity contribution in [1.29, 1.82) is 0 Å². The van der Waals surface area contributed by atoms with E-state index in [1.54, 1.807) is 22.6 Å². The van der Waals surface area contributed by atoms with Gasteiger partial charge in [0.2, 0.25) is 5.58 Å². The summed E-state index contributed by atoms with van der Waals surface area (Å²) in [5, 5.41) is 3.97. The molecule has 0 aliphatic rings. The van der Waals surface area contributed by atoms with Crippen molar-refractivity contribution in [1.82, 2.24) is 9.78 Å². The Morgan fingerprint density at radius 1 is 1.32 bits per heavy atom. The summed E-state index contributed by atoms with van der Waals surface area (Å²) in [5.41, 5.74) is -0.778. The molecule has 0 N–H and O–H groups in total. The van der Waals surface area contributed by atoms with Crippen LogP contribution in [-0.4, -0.2) is 21.9 Å². The highest BCUT2D eigenvalue weighted by Crippen LogP contribution is 2.30. The number of carbonyl (C=O) groups is 1. The zero-order chi connectivity index (χ0) is 18.4. The smallest absolute Gasteiger partial charge is 0.458 e. The Balaban J connectivity index is 2.25. The van der Waals surface area contributed by atoms with Crippen LogP contribution in [0.3, 0.4) is 0 Å². The first-order chi connectivity index (χ1) is 11.7. The number of alkyl halides is 3. The van der Waals surface area contributed by atoms with Crippen molar-refractivity contribution in [3.8, 4) is 11.4 Å². The number of furan rings is 1. The van der Waals surface area contributed by atoms with Gasteiger partial charge in [-0.2, -0.15) is 5.10 Å². The van der Waals surface area contributed by atoms with E-state index in [4.69, 9.17) is 4.42 Å². The van der Waals surface area contributed by atoms with Crippen LogP contribution in [0.5, 0.6) is 5.75 Å². The maximum Gasteiger partial charge on any atom is 0.573 e. The minimum absolute atomic E-state index is 0.114. The van der Waals surface area contributed by atoms with E-state index >= 15 is 0 Å². The Morgan fingerprint density at radius 2 is 2.04 bits per heavy atom. The van der Waals surface area contributed by atoms with Crippen LogP contribution in [0.4, 0.5) is 13.2 Å². The molecule has 25 heavy (non-hydrogen) atoms. The molecule has 0 bridgehead atoms. The molecule has 6 nitrogen and oxygen atoms in total. The number of aromatic nitrogens is 2. The number of fused-ring (bicyclic) bond motifs is 1. The van der Waals surface area contributed by atoms with E-state index in [2.05, 4.69) is 9.84 Å². The molecule has 1 aromatic carbocycles. The van der Waals surface area contributed by atoms with Gasteiger partial charge in [0.15, 0.2) is 11.5 Å². The van der Waals surface area contributed by atoms with E-state index in [1.807, 2.05) is 0 Å². The van der Waals surface area contributed by atoms with E-state index in [0.717, 1.165) is 17.7 Å². The van der Waals surface area contributed by atoms with Crippen LogP contribution in [-0.2, 0) is 0 Å². The predicted octanol–water partition coefficient (Wildman–Crippen LogP) is 3.68. The van der Waals surface area contributed by atoms with Gasteiger partial charge in [-0.05, 0) is 34.7 Å². The van der Waals surface area contributed by atoms with Crippen LogP contribution in [0, 0.1) is 3.57 Å². The minimum Gasteiger partial charge on any atom is -0.458 e. The van der Waals surface area contributed by atoms with Crippen LogP contribution in [0.2, 0.25) is 0 Å². The van der Waals surface area contributed by atoms with E-state index in [-0.39, 0.29) is 26.1 Å². The summed E-state index contributed by atoms with van der Waals surface area (Å²) in [6.45, 7) is 1.16. The topological polar surface area (TPSA) is 74.3 Å². The second-order valence-electron chi connectivity index (χ2n) is 4.94. The maximum absolute atomic E-state index is 12.5. The third-order valence-electron chi connectivity index (χ3n) is 3.21. The summed E-state index contributed by atoms with van der Waals surface area (Å²) in [7, 11) is 0. The van der Waals surface area contributed by atoms with Crippen LogP contribution < -0.4 is 10.2 Å². The van der Waals surface area contributed by atoms with E-state index < -0.39 is 23.3 Å². The second kappa shape index (κ2) is 6.17. The summed E-state index contributed by atoms with van der Waals surface area (Å²) in [6, 6.07) is 5.42. The van der Waals surface area contributed by atoms with Gasteiger partial charge in [-0.1, -0.05) is 0 Å². The zero-order valence-electron chi connectivity index (χ0n) is 12.4. The number of ketones is 1. The lowest BCUT2D eigenvalue weighted by Gasteiger charge is -2.13. The number of rotatable bonds is 3. The number of carbonyl (C=O) groups excluding carboxylic acids is 1. The molecule has 0 aliphatic carbocycles. The van der Waals surface area contributed by atoms with Crippen LogP contribution in [0.25, 0.3) is 16.8 Å². The molecule has 0 radical (unpaired) electrons. The molecule has 3 aromatic rings. The molecule has 0 saturated heterocycles. The van der Waals surface area contributed by atoms with Crippen LogP contribution >= 0.6 is 22.6 Å². The summed E-state index contributed by atoms with van der Waals surface area (Å²) < 4.78 is 48.1. The van der Waals surface area contributed by atoms with Crippen molar-refractivity contribution in [2.45, 2.75) is 13.3 Å². The lowest BCUT2D eigenvalue weighted by Crippen LogP contribution is -2.21. The van der Waals surface area contributed by atoms with E-state index in [9.17, 15) is 22.8 Å². The molecule has 2 aromatic heterocycles. The normalized spacial score (nSPS) is 11.7. The Bertz CT molecular complexity index is 1040. The summed E-state index contributed by atoms with van der Waals surface area (Å²) >= 11 is 1.70. The number of ether oxygens (including phenoxy) is 1. The highest BCUT2D eigenvalue weighted by molar-refractivity contribution is 14.1. The van der Waals surface area contributed by atoms with Gasteiger partial charge in [0, 0.05) is 19.1 Å². The van der Waals surface area contributed by atoms with Crippen molar-refractivity contribution >= 4 is 39.5 Å². The van der Waals surface area contributed by atoms with Crippen molar-refractivity contribution in [2.75, 3.05) is 0 Å². The highest BCUT2D eigenvalue weighted by Gasteiger charge is 2.32. The van der Waals surface area contributed by atoms with Gasteiger partial charge in [0.1, 0.15) is 11.3 Å². The fourth-order valence-corrected chi connectivity index (χ4v) is 2.65. The quantitative estimate of drug-likeness (QED) is 0.437. The third kappa shape index (κ3) is 3.38. The molecule has 0 aliphatic heterocycles. The first-order valence-electron chi connectivity index (χ1n) is 6.74. The summed E-state index contributed by atoms with van der Waals surface area (Å²) in [5.74, 6) is -1.01. The average Bonchev–Trinajstić information content (AvgIpc) is 2.98. The predicted molar refractivity (Wildman–Crippen MR) is 89.0 cm³/mol. The largest absolute Gasteiger partial charge is 0.573 e. The summed E-state index contributed by atoms with van der Waals surface area (Å²) in [6.07, 6.45) is -3.63. The molecular formula is C15H8F3IN2O4. The number of hydrogen-bond donors (Lipinski definition) is 0. The standard InChI is InChI=1S/C15H8F3IN2O4/c1-7(22)12-13(23)14-10(4-5-24-14)21(20-12)8-2-3-9(19)11(6-8)25-15(16,17)18/h2-6H,1H3. The number of halogens is 4. The molecule has 130 valence electrons. The molecule has 0 spiro atoms. The Morgan fingerprint density at radius 3 is 2.68 bits per heavy atom. The highest BCUT2D eigenvalue weighted by atomic mass is 127. The monoisotopic (exact) mass is 464 g/mol. The van der Waals surface area contributed by atoms with E-state index in [0.29, 0.717) is 0 Å². The Kier molecular flexibility index (Phi) is 4.31. The molecule has 3 rings (SSSR count). The zero-order valence-corrected chi connectivity index (χ0v) is 14.6. The van der Waals surface area contributed by atoms with Crippen molar-refractivity contribution < 1.29 is 27.1 Å². The SMILES string of the molecule is CC(=O)c1nn(-c2ccc(I)c(OC(F)(F)F)c2)c2ccoc2c1=O. The van der Waals surface area contributed by atoms with Gasteiger partial charge in [0.25, 0.3) is 5.43 Å². The second-order valence-corrected chi connectivity index (χ2v) is 6.11. The van der Waals surface area contributed by atoms with Gasteiger partial charge in [-0.25, -0.2) is 4.68 Å². The molecule has 0 amide bonds. The van der Waals surface area contributed by atoms with Crippen molar-refractivity contribution in [3.05, 3.63) is 50.0 Å². The maximum atomic E-state index is 12.5. The van der Waals surface area contributed by atoms with Gasteiger partial charge >= 0.3 is 6.36 Å². The molecule has 0 fully saturated rings. The van der Waals surface area contributed by atoms with E-state index in [1.165, 1.54) is 24.5 Å². The number of benzene rings is 1. The fraction of sp³-hybridized carbons (Fsp3) is 0.133. The number of Topliss-reactive ketones (excluding diaryl/α,β-unsaturated/α-hetero) is 1. The third-order valence-corrected chi connectivity index (χ3v) is 4.10. The molecule has 0 unspecified atom stereocenters. The lowest BCUT2D eigenvalue weighted by atomic mass is 10.2. The fourth-order valence-electron chi connectivity index (χ4n) is 2.20. The van der Waals surface area contributed by atoms with Gasteiger partial charge in [-0.3, -0.25) is 9.59 Å². The first-order valence-corrected chi connectivity index (χ1v) is 7.82. The molecule has 0 saturated carbocycles. The number of nitrogens with zero attached hydrogens (tertiary/aromatic N) is 2. The molecule has 2 heterocycles.